The Labute approximate surface area is 129 Å². The Morgan fingerprint density at radius 2 is 1.57 bits per heavy atom. The van der Waals surface area contributed by atoms with Gasteiger partial charge in [-0.2, -0.15) is 0 Å². The Hall–Kier alpha value is -0.900. The van der Waals surface area contributed by atoms with E-state index >= 15 is 0 Å². The standard InChI is InChI=1S/C18H30N2O/c1-3-20(4-2)14-16-7-5-15(6-8-16)13-19-17-9-11-18(21)12-10-17/h5-8,17-19,21H,3-4,9-14H2,1-2H3. The van der Waals surface area contributed by atoms with Gasteiger partial charge in [-0.15, -0.1) is 0 Å². The maximum absolute atomic E-state index is 9.52. The van der Waals surface area contributed by atoms with Crippen LogP contribution in [-0.2, 0) is 13.1 Å². The van der Waals surface area contributed by atoms with Gasteiger partial charge >= 0.3 is 0 Å². The van der Waals surface area contributed by atoms with Gasteiger partial charge in [0.05, 0.1) is 6.10 Å². The second kappa shape index (κ2) is 8.52. The van der Waals surface area contributed by atoms with Crippen molar-refractivity contribution in [2.45, 2.75) is 64.8 Å². The van der Waals surface area contributed by atoms with Crippen LogP contribution in [0.4, 0.5) is 0 Å². The fraction of sp³-hybridized carbons (Fsp3) is 0.667. The molecule has 1 fully saturated rings. The molecule has 0 aromatic heterocycles. The molecule has 1 aliphatic rings. The zero-order chi connectivity index (χ0) is 15.1. The lowest BCUT2D eigenvalue weighted by Gasteiger charge is -2.26. The summed E-state index contributed by atoms with van der Waals surface area (Å²) in [5.41, 5.74) is 2.74. The smallest absolute Gasteiger partial charge is 0.0541 e. The van der Waals surface area contributed by atoms with E-state index in [1.54, 1.807) is 0 Å². The van der Waals surface area contributed by atoms with Crippen molar-refractivity contribution in [2.24, 2.45) is 0 Å². The number of aliphatic hydroxyl groups is 1. The van der Waals surface area contributed by atoms with E-state index in [1.165, 1.54) is 11.1 Å². The highest BCUT2D eigenvalue weighted by molar-refractivity contribution is 5.22. The molecule has 21 heavy (non-hydrogen) atoms. The van der Waals surface area contributed by atoms with Crippen LogP contribution in [0.2, 0.25) is 0 Å². The van der Waals surface area contributed by atoms with Crippen LogP contribution in [0.25, 0.3) is 0 Å². The quantitative estimate of drug-likeness (QED) is 0.810. The molecule has 3 heteroatoms. The van der Waals surface area contributed by atoms with E-state index in [2.05, 4.69) is 48.3 Å². The summed E-state index contributed by atoms with van der Waals surface area (Å²) in [6.45, 7) is 8.61. The lowest BCUT2D eigenvalue weighted by Crippen LogP contribution is -2.34. The summed E-state index contributed by atoms with van der Waals surface area (Å²) in [6, 6.07) is 9.55. The number of hydrogen-bond acceptors (Lipinski definition) is 3. The normalized spacial score (nSPS) is 22.7. The van der Waals surface area contributed by atoms with Crippen molar-refractivity contribution in [2.75, 3.05) is 13.1 Å². The highest BCUT2D eigenvalue weighted by Crippen LogP contribution is 2.18. The van der Waals surface area contributed by atoms with Crippen LogP contribution in [0.3, 0.4) is 0 Å². The minimum absolute atomic E-state index is 0.0672. The molecule has 0 radical (unpaired) electrons. The number of nitrogens with zero attached hydrogens (tertiary/aromatic N) is 1. The van der Waals surface area contributed by atoms with E-state index in [0.29, 0.717) is 6.04 Å². The van der Waals surface area contributed by atoms with Crippen molar-refractivity contribution in [3.63, 3.8) is 0 Å². The first kappa shape index (κ1) is 16.5. The molecular formula is C18H30N2O. The Balaban J connectivity index is 1.77. The zero-order valence-corrected chi connectivity index (χ0v) is 13.5. The van der Waals surface area contributed by atoms with Gasteiger partial charge < -0.3 is 10.4 Å². The predicted octanol–water partition coefficient (Wildman–Crippen LogP) is 2.92. The van der Waals surface area contributed by atoms with Gasteiger partial charge in [0.25, 0.3) is 0 Å². The van der Waals surface area contributed by atoms with E-state index < -0.39 is 0 Å². The molecule has 1 aromatic rings. The molecule has 0 heterocycles. The van der Waals surface area contributed by atoms with Crippen molar-refractivity contribution in [3.05, 3.63) is 35.4 Å². The summed E-state index contributed by atoms with van der Waals surface area (Å²) in [5.74, 6) is 0. The van der Waals surface area contributed by atoms with Crippen LogP contribution in [0.5, 0.6) is 0 Å². The molecule has 0 atom stereocenters. The molecule has 0 bridgehead atoms. The van der Waals surface area contributed by atoms with Gasteiger partial charge in [0.1, 0.15) is 0 Å². The molecule has 0 saturated heterocycles. The topological polar surface area (TPSA) is 35.5 Å². The summed E-state index contributed by atoms with van der Waals surface area (Å²) in [5, 5.41) is 13.1. The van der Waals surface area contributed by atoms with E-state index in [4.69, 9.17) is 0 Å². The lowest BCUT2D eigenvalue weighted by molar-refractivity contribution is 0.116. The number of hydrogen-bond donors (Lipinski definition) is 2. The first-order chi connectivity index (χ1) is 10.2. The Bertz CT molecular complexity index is 392. The minimum Gasteiger partial charge on any atom is -0.393 e. The van der Waals surface area contributed by atoms with Crippen LogP contribution >= 0.6 is 0 Å². The predicted molar refractivity (Wildman–Crippen MR) is 88.2 cm³/mol. The van der Waals surface area contributed by atoms with Gasteiger partial charge in [-0.3, -0.25) is 4.90 Å². The van der Waals surface area contributed by atoms with Gasteiger partial charge in [-0.1, -0.05) is 38.1 Å². The summed E-state index contributed by atoms with van der Waals surface area (Å²) in [7, 11) is 0. The monoisotopic (exact) mass is 290 g/mol. The van der Waals surface area contributed by atoms with Gasteiger partial charge in [-0.05, 0) is 49.9 Å². The Kier molecular flexibility index (Phi) is 6.68. The number of aliphatic hydroxyl groups excluding tert-OH is 1. The van der Waals surface area contributed by atoms with Gasteiger partial charge in [0, 0.05) is 19.1 Å². The fourth-order valence-electron chi connectivity index (χ4n) is 3.01. The van der Waals surface area contributed by atoms with Crippen LogP contribution in [0.1, 0.15) is 50.7 Å². The van der Waals surface area contributed by atoms with Gasteiger partial charge in [-0.25, -0.2) is 0 Å². The first-order valence-electron chi connectivity index (χ1n) is 8.42. The minimum atomic E-state index is -0.0672. The fourth-order valence-corrected chi connectivity index (χ4v) is 3.01. The molecule has 3 nitrogen and oxygen atoms in total. The summed E-state index contributed by atoms with van der Waals surface area (Å²) in [4.78, 5) is 2.43. The molecular weight excluding hydrogens is 260 g/mol. The van der Waals surface area contributed by atoms with Crippen molar-refractivity contribution >= 4 is 0 Å². The maximum atomic E-state index is 9.52. The average molecular weight is 290 g/mol. The van der Waals surface area contributed by atoms with Crippen LogP contribution in [0.15, 0.2) is 24.3 Å². The highest BCUT2D eigenvalue weighted by Gasteiger charge is 2.18. The molecule has 118 valence electrons. The van der Waals surface area contributed by atoms with Crippen LogP contribution < -0.4 is 5.32 Å². The lowest BCUT2D eigenvalue weighted by atomic mass is 9.93. The molecule has 0 amide bonds. The second-order valence-electron chi connectivity index (χ2n) is 6.16. The van der Waals surface area contributed by atoms with Gasteiger partial charge in [0.15, 0.2) is 0 Å². The zero-order valence-electron chi connectivity index (χ0n) is 13.5. The third-order valence-corrected chi connectivity index (χ3v) is 4.62. The number of benzene rings is 1. The Morgan fingerprint density at radius 1 is 1.00 bits per heavy atom. The van der Waals surface area contributed by atoms with Crippen LogP contribution in [0, 0.1) is 0 Å². The summed E-state index contributed by atoms with van der Waals surface area (Å²) in [6.07, 6.45) is 4.02. The largest absolute Gasteiger partial charge is 0.393 e. The molecule has 2 rings (SSSR count). The van der Waals surface area contributed by atoms with E-state index in [-0.39, 0.29) is 6.10 Å². The maximum Gasteiger partial charge on any atom is 0.0541 e. The summed E-state index contributed by atoms with van der Waals surface area (Å²) >= 11 is 0. The van der Waals surface area contributed by atoms with Crippen molar-refractivity contribution in [1.82, 2.24) is 10.2 Å². The molecule has 1 saturated carbocycles. The molecule has 0 aliphatic heterocycles. The second-order valence-corrected chi connectivity index (χ2v) is 6.16. The third kappa shape index (κ3) is 5.42. The Morgan fingerprint density at radius 3 is 2.14 bits per heavy atom. The summed E-state index contributed by atoms with van der Waals surface area (Å²) < 4.78 is 0. The average Bonchev–Trinajstić information content (AvgIpc) is 2.53. The number of rotatable bonds is 7. The van der Waals surface area contributed by atoms with Crippen molar-refractivity contribution in [3.8, 4) is 0 Å². The SMILES string of the molecule is CCN(CC)Cc1ccc(CNC2CCC(O)CC2)cc1. The molecule has 0 unspecified atom stereocenters. The third-order valence-electron chi connectivity index (χ3n) is 4.62. The van der Waals surface area contributed by atoms with Crippen molar-refractivity contribution in [1.29, 1.82) is 0 Å². The molecule has 2 N–H and O–H groups in total. The first-order valence-corrected chi connectivity index (χ1v) is 8.42. The molecule has 1 aliphatic carbocycles. The van der Waals surface area contributed by atoms with E-state index in [0.717, 1.165) is 51.9 Å². The number of nitrogens with one attached hydrogen (secondary N) is 1. The molecule has 0 spiro atoms. The van der Waals surface area contributed by atoms with Crippen molar-refractivity contribution < 1.29 is 5.11 Å². The van der Waals surface area contributed by atoms with E-state index in [1.807, 2.05) is 0 Å². The van der Waals surface area contributed by atoms with Gasteiger partial charge in [0.2, 0.25) is 0 Å². The molecule has 1 aromatic carbocycles. The van der Waals surface area contributed by atoms with E-state index in [9.17, 15) is 5.11 Å². The van der Waals surface area contributed by atoms with Crippen LogP contribution in [-0.4, -0.2) is 35.2 Å². The highest BCUT2D eigenvalue weighted by atomic mass is 16.3.